The first-order valence-electron chi connectivity index (χ1n) is 14.6. The quantitative estimate of drug-likeness (QED) is 0.150. The number of hydrogen-bond acceptors (Lipinski definition) is 12. The molecular formula is C32H34N2O9S4. The molecule has 11 nitrogen and oxygen atoms in total. The van der Waals surface area contributed by atoms with Gasteiger partial charge in [0.05, 0.1) is 26.2 Å². The summed E-state index contributed by atoms with van der Waals surface area (Å²) in [4.78, 5) is 26.1. The van der Waals surface area contributed by atoms with Crippen LogP contribution in [0.2, 0.25) is 0 Å². The molecule has 0 amide bonds. The van der Waals surface area contributed by atoms with Crippen LogP contribution in [0.25, 0.3) is 0 Å². The Bertz CT molecular complexity index is 2140. The third kappa shape index (κ3) is 7.53. The standard InChI is InChI=1S/C16H17NO5S2.C16H17NO4S2/c1-9-4-7-11(12(8-9)24(3,20)21)14(18)13-15(10-5-6-10)22-17-16(13)23(2)19;1-9-4-7-11(12(8-9)23(3,19)20)14(18)13-15(10-5-6-10)21-17-16(13)22-2/h4,7-8,10H,5-6H2,1-3H3;4,7-8,10H,5-6H2,1-3H3. The number of hydrogen-bond donors (Lipinski definition) is 0. The first-order valence-corrected chi connectivity index (χ1v) is 21.2. The van der Waals surface area contributed by atoms with Crippen LogP contribution in [0.5, 0.6) is 0 Å². The fourth-order valence-corrected chi connectivity index (χ4v) is 8.15. The summed E-state index contributed by atoms with van der Waals surface area (Å²) in [5, 5.41) is 8.34. The molecule has 2 saturated carbocycles. The molecule has 15 heteroatoms. The third-order valence-electron chi connectivity index (χ3n) is 7.75. The Morgan fingerprint density at radius 2 is 1.19 bits per heavy atom. The van der Waals surface area contributed by atoms with Crippen LogP contribution in [0.3, 0.4) is 0 Å². The highest BCUT2D eigenvalue weighted by molar-refractivity contribution is 7.98. The molecule has 0 spiro atoms. The Hall–Kier alpha value is -3.40. The van der Waals surface area contributed by atoms with Gasteiger partial charge in [0.15, 0.2) is 41.2 Å². The molecule has 2 aliphatic rings. The molecule has 2 aromatic heterocycles. The van der Waals surface area contributed by atoms with Crippen molar-refractivity contribution in [2.45, 2.75) is 71.2 Å². The molecule has 0 bridgehead atoms. The van der Waals surface area contributed by atoms with Crippen molar-refractivity contribution in [3.05, 3.63) is 81.3 Å². The van der Waals surface area contributed by atoms with Crippen molar-refractivity contribution in [3.63, 3.8) is 0 Å². The predicted octanol–water partition coefficient (Wildman–Crippen LogP) is 5.45. The number of rotatable bonds is 10. The molecule has 0 radical (unpaired) electrons. The summed E-state index contributed by atoms with van der Waals surface area (Å²) >= 11 is 1.33. The predicted molar refractivity (Wildman–Crippen MR) is 177 cm³/mol. The van der Waals surface area contributed by atoms with Crippen LogP contribution >= 0.6 is 11.8 Å². The smallest absolute Gasteiger partial charge is 0.200 e. The summed E-state index contributed by atoms with van der Waals surface area (Å²) in [6, 6.07) is 9.48. The number of sulfone groups is 2. The number of nitrogens with zero attached hydrogens (tertiary/aromatic N) is 2. The highest BCUT2D eigenvalue weighted by Crippen LogP contribution is 2.45. The molecular weight excluding hydrogens is 685 g/mol. The van der Waals surface area contributed by atoms with Gasteiger partial charge >= 0.3 is 0 Å². The molecule has 2 heterocycles. The molecule has 4 aromatic rings. The third-order valence-corrected chi connectivity index (χ3v) is 11.5. The van der Waals surface area contributed by atoms with E-state index in [-0.39, 0.29) is 49.1 Å². The lowest BCUT2D eigenvalue weighted by molar-refractivity contribution is 0.102. The van der Waals surface area contributed by atoms with Gasteiger partial charge in [-0.25, -0.2) is 16.8 Å². The fraction of sp³-hybridized carbons (Fsp3) is 0.375. The van der Waals surface area contributed by atoms with Crippen LogP contribution in [0.15, 0.2) is 65.3 Å². The molecule has 0 N–H and O–H groups in total. The van der Waals surface area contributed by atoms with Crippen molar-refractivity contribution in [1.82, 2.24) is 10.3 Å². The maximum Gasteiger partial charge on any atom is 0.200 e. The van der Waals surface area contributed by atoms with Gasteiger partial charge in [-0.2, -0.15) is 0 Å². The van der Waals surface area contributed by atoms with Crippen LogP contribution in [0, 0.1) is 13.8 Å². The molecule has 0 aliphatic heterocycles. The Morgan fingerprint density at radius 1 is 0.766 bits per heavy atom. The van der Waals surface area contributed by atoms with Crippen molar-refractivity contribution < 1.29 is 39.7 Å². The first-order chi connectivity index (χ1) is 22.0. The molecule has 2 fully saturated rings. The lowest BCUT2D eigenvalue weighted by Crippen LogP contribution is -2.12. The van der Waals surface area contributed by atoms with Crippen molar-refractivity contribution in [1.29, 1.82) is 0 Å². The number of aromatic nitrogens is 2. The van der Waals surface area contributed by atoms with Crippen LogP contribution in [0.1, 0.15) is 92.0 Å². The van der Waals surface area contributed by atoms with Crippen molar-refractivity contribution >= 4 is 53.8 Å². The Kier molecular flexibility index (Phi) is 9.84. The fourth-order valence-electron chi connectivity index (χ4n) is 5.09. The molecule has 250 valence electrons. The van der Waals surface area contributed by atoms with E-state index in [0.29, 0.717) is 22.1 Å². The van der Waals surface area contributed by atoms with Gasteiger partial charge in [0.25, 0.3) is 0 Å². The first kappa shape index (κ1) is 34.9. The highest BCUT2D eigenvalue weighted by atomic mass is 32.2. The van der Waals surface area contributed by atoms with E-state index in [2.05, 4.69) is 10.3 Å². The monoisotopic (exact) mass is 718 g/mol. The van der Waals surface area contributed by atoms with Gasteiger partial charge in [0, 0.05) is 41.7 Å². The second kappa shape index (κ2) is 13.2. The number of thioether (sulfide) groups is 1. The second-order valence-electron chi connectivity index (χ2n) is 11.9. The highest BCUT2D eigenvalue weighted by Gasteiger charge is 2.38. The van der Waals surface area contributed by atoms with Gasteiger partial charge in [0.1, 0.15) is 5.56 Å². The minimum absolute atomic E-state index is 0.0386. The lowest BCUT2D eigenvalue weighted by Gasteiger charge is -2.09. The Morgan fingerprint density at radius 3 is 1.60 bits per heavy atom. The summed E-state index contributed by atoms with van der Waals surface area (Å²) < 4.78 is 70.8. The summed E-state index contributed by atoms with van der Waals surface area (Å²) in [5.74, 6) is 0.446. The summed E-state index contributed by atoms with van der Waals surface area (Å²) in [6.45, 7) is 3.55. The molecule has 2 aromatic carbocycles. The van der Waals surface area contributed by atoms with Gasteiger partial charge in [-0.1, -0.05) is 22.4 Å². The van der Waals surface area contributed by atoms with E-state index < -0.39 is 36.3 Å². The average Bonchev–Trinajstić information content (AvgIpc) is 3.94. The number of aryl methyl sites for hydroxylation is 2. The summed E-state index contributed by atoms with van der Waals surface area (Å²) in [5.41, 5.74) is 2.32. The minimum atomic E-state index is -3.59. The molecule has 0 saturated heterocycles. The van der Waals surface area contributed by atoms with E-state index in [1.165, 1.54) is 36.2 Å². The Balaban J connectivity index is 0.000000185. The van der Waals surface area contributed by atoms with Crippen LogP contribution in [-0.4, -0.2) is 67.9 Å². The van der Waals surface area contributed by atoms with E-state index in [9.17, 15) is 30.6 Å². The molecule has 1 atom stereocenters. The normalized spacial score (nSPS) is 15.5. The van der Waals surface area contributed by atoms with E-state index in [4.69, 9.17) is 9.05 Å². The number of carbonyl (C=O) groups is 2. The number of carbonyl (C=O) groups excluding carboxylic acids is 2. The zero-order valence-corrected chi connectivity index (χ0v) is 29.9. The van der Waals surface area contributed by atoms with Gasteiger partial charge in [0.2, 0.25) is 11.6 Å². The van der Waals surface area contributed by atoms with Gasteiger partial charge in [-0.3, -0.25) is 13.8 Å². The lowest BCUT2D eigenvalue weighted by atomic mass is 10.0. The van der Waals surface area contributed by atoms with Crippen LogP contribution in [-0.2, 0) is 30.5 Å². The molecule has 47 heavy (non-hydrogen) atoms. The Labute approximate surface area is 280 Å². The largest absolute Gasteiger partial charge is 0.359 e. The maximum absolute atomic E-state index is 13.1. The SMILES string of the molecule is CSc1noc(C2CC2)c1C(=O)c1ccc(C)cc1S(C)(=O)=O.Cc1ccc(C(=O)c2c(S(C)=O)noc2C2CC2)c(S(C)(=O)=O)c1. The summed E-state index contributed by atoms with van der Waals surface area (Å²) in [6.07, 6.45) is 9.09. The second-order valence-corrected chi connectivity index (χ2v) is 17.9. The zero-order chi connectivity index (χ0) is 34.4. The molecule has 6 rings (SSSR count). The van der Waals surface area contributed by atoms with Gasteiger partial charge < -0.3 is 9.05 Å². The topological polar surface area (TPSA) is 172 Å². The van der Waals surface area contributed by atoms with Crippen molar-refractivity contribution in [3.8, 4) is 0 Å². The van der Waals surface area contributed by atoms with Crippen molar-refractivity contribution in [2.75, 3.05) is 25.0 Å². The van der Waals surface area contributed by atoms with E-state index >= 15 is 0 Å². The molecule has 1 unspecified atom stereocenters. The van der Waals surface area contributed by atoms with Crippen molar-refractivity contribution in [2.24, 2.45) is 0 Å². The van der Waals surface area contributed by atoms with Crippen LogP contribution in [0.4, 0.5) is 0 Å². The maximum atomic E-state index is 13.1. The average molecular weight is 719 g/mol. The minimum Gasteiger partial charge on any atom is -0.359 e. The zero-order valence-electron chi connectivity index (χ0n) is 26.6. The number of benzene rings is 2. The number of ketones is 2. The van der Waals surface area contributed by atoms with E-state index in [0.717, 1.165) is 49.3 Å². The molecule has 2 aliphatic carbocycles. The van der Waals surface area contributed by atoms with Crippen LogP contribution < -0.4 is 0 Å². The van der Waals surface area contributed by atoms with E-state index in [1.54, 1.807) is 32.0 Å². The van der Waals surface area contributed by atoms with E-state index in [1.807, 2.05) is 6.26 Å². The van der Waals surface area contributed by atoms with Gasteiger partial charge in [-0.15, -0.1) is 11.8 Å². The van der Waals surface area contributed by atoms with Gasteiger partial charge in [-0.05, 0) is 81.2 Å². The summed E-state index contributed by atoms with van der Waals surface area (Å²) in [7, 11) is -8.61.